The van der Waals surface area contributed by atoms with E-state index in [1.165, 1.54) is 0 Å². The van der Waals surface area contributed by atoms with E-state index < -0.39 is 5.41 Å². The largest absolute Gasteiger partial charge is 0.409 e. The van der Waals surface area contributed by atoms with Gasteiger partial charge in [0.15, 0.2) is 5.84 Å². The summed E-state index contributed by atoms with van der Waals surface area (Å²) in [5.41, 5.74) is 4.63. The fourth-order valence-electron chi connectivity index (χ4n) is 3.21. The lowest BCUT2D eigenvalue weighted by Gasteiger charge is -2.51. The van der Waals surface area contributed by atoms with Gasteiger partial charge in [-0.1, -0.05) is 12.1 Å². The number of hydrogen-bond donors (Lipinski definition) is 2. The zero-order valence-electron chi connectivity index (χ0n) is 11.8. The van der Waals surface area contributed by atoms with Crippen LogP contribution in [0.5, 0.6) is 0 Å². The number of oxime groups is 1. The highest BCUT2D eigenvalue weighted by atomic mass is 16.5. The van der Waals surface area contributed by atoms with Crippen LogP contribution in [0.2, 0.25) is 0 Å². The molecule has 1 aliphatic heterocycles. The van der Waals surface area contributed by atoms with Gasteiger partial charge >= 0.3 is 0 Å². The Balaban J connectivity index is 2.26. The Bertz CT molecular complexity index is 400. The average molecular weight is 269 g/mol. The van der Waals surface area contributed by atoms with Crippen LogP contribution in [0.15, 0.2) is 5.16 Å². The average Bonchev–Trinajstić information content (AvgIpc) is 2.32. The van der Waals surface area contributed by atoms with Crippen LogP contribution in [0.1, 0.15) is 33.6 Å². The van der Waals surface area contributed by atoms with Crippen molar-refractivity contribution in [3.05, 3.63) is 0 Å². The summed E-state index contributed by atoms with van der Waals surface area (Å²) < 4.78 is 5.43. The number of nitrogens with zero attached hydrogens (tertiary/aromatic N) is 2. The van der Waals surface area contributed by atoms with Gasteiger partial charge in [-0.15, -0.1) is 0 Å². The maximum Gasteiger partial charge on any atom is 0.237 e. The van der Waals surface area contributed by atoms with Gasteiger partial charge < -0.3 is 20.6 Å². The lowest BCUT2D eigenvalue weighted by Crippen LogP contribution is -2.64. The van der Waals surface area contributed by atoms with E-state index in [0.29, 0.717) is 38.5 Å². The van der Waals surface area contributed by atoms with Crippen LogP contribution in [-0.4, -0.2) is 47.1 Å². The quantitative estimate of drug-likeness (QED) is 0.336. The Morgan fingerprint density at radius 2 is 2.11 bits per heavy atom. The standard InChI is InChI=1S/C13H23N3O3/c1-9-6-13(7-9,10(14)15-18)11(17)16-4-5-19-8-12(16,2)3/h9,18H,4-8H2,1-3H3,(H2,14,15). The van der Waals surface area contributed by atoms with E-state index in [9.17, 15) is 4.79 Å². The zero-order chi connectivity index (χ0) is 14.3. The van der Waals surface area contributed by atoms with Crippen molar-refractivity contribution in [2.24, 2.45) is 22.2 Å². The van der Waals surface area contributed by atoms with E-state index >= 15 is 0 Å². The van der Waals surface area contributed by atoms with Gasteiger partial charge in [0, 0.05) is 6.54 Å². The molecule has 1 amide bonds. The lowest BCUT2D eigenvalue weighted by molar-refractivity contribution is -0.159. The van der Waals surface area contributed by atoms with E-state index in [4.69, 9.17) is 15.7 Å². The second-order valence-electron chi connectivity index (χ2n) is 6.40. The maximum absolute atomic E-state index is 12.9. The molecule has 3 N–H and O–H groups in total. The fraction of sp³-hybridized carbons (Fsp3) is 0.846. The normalized spacial score (nSPS) is 34.8. The third kappa shape index (κ3) is 2.18. The molecule has 6 heteroatoms. The SMILES string of the molecule is CC1CC(C(=O)N2CCOCC2(C)C)(C(N)=NO)C1. The number of morpholine rings is 1. The van der Waals surface area contributed by atoms with E-state index in [2.05, 4.69) is 12.1 Å². The molecule has 0 spiro atoms. The number of amides is 1. The Morgan fingerprint density at radius 3 is 2.58 bits per heavy atom. The highest BCUT2D eigenvalue weighted by Crippen LogP contribution is 2.48. The first-order chi connectivity index (χ1) is 8.83. The van der Waals surface area contributed by atoms with Crippen molar-refractivity contribution in [2.45, 2.75) is 39.2 Å². The zero-order valence-corrected chi connectivity index (χ0v) is 11.8. The van der Waals surface area contributed by atoms with Crippen molar-refractivity contribution in [3.63, 3.8) is 0 Å². The van der Waals surface area contributed by atoms with Crippen molar-refractivity contribution in [2.75, 3.05) is 19.8 Å². The number of carbonyl (C=O) groups is 1. The Kier molecular flexibility index (Phi) is 3.47. The van der Waals surface area contributed by atoms with Gasteiger partial charge in [-0.05, 0) is 32.6 Å². The van der Waals surface area contributed by atoms with E-state index in [0.717, 1.165) is 0 Å². The first-order valence-electron chi connectivity index (χ1n) is 6.71. The number of ether oxygens (including phenoxy) is 1. The van der Waals surface area contributed by atoms with Gasteiger partial charge in [-0.2, -0.15) is 0 Å². The first kappa shape index (κ1) is 14.1. The molecule has 0 atom stereocenters. The summed E-state index contributed by atoms with van der Waals surface area (Å²) in [5, 5.41) is 12.1. The molecule has 2 aliphatic rings. The molecule has 2 rings (SSSR count). The van der Waals surface area contributed by atoms with Crippen LogP contribution >= 0.6 is 0 Å². The number of rotatable bonds is 2. The third-order valence-electron chi connectivity index (χ3n) is 4.29. The minimum Gasteiger partial charge on any atom is -0.409 e. The highest BCUT2D eigenvalue weighted by Gasteiger charge is 2.55. The summed E-state index contributed by atoms with van der Waals surface area (Å²) in [6.45, 7) is 7.64. The molecule has 0 unspecified atom stereocenters. The van der Waals surface area contributed by atoms with E-state index in [-0.39, 0.29) is 17.3 Å². The van der Waals surface area contributed by atoms with Gasteiger partial charge in [-0.3, -0.25) is 4.79 Å². The molecule has 1 saturated heterocycles. The topological polar surface area (TPSA) is 88.2 Å². The van der Waals surface area contributed by atoms with Crippen molar-refractivity contribution in [1.29, 1.82) is 0 Å². The van der Waals surface area contributed by atoms with Crippen LogP contribution in [0.25, 0.3) is 0 Å². The number of hydrogen-bond acceptors (Lipinski definition) is 4. The van der Waals surface area contributed by atoms with Crippen molar-refractivity contribution in [1.82, 2.24) is 4.90 Å². The van der Waals surface area contributed by atoms with Crippen molar-refractivity contribution in [3.8, 4) is 0 Å². The molecule has 0 aromatic carbocycles. The Morgan fingerprint density at radius 1 is 1.47 bits per heavy atom. The molecule has 0 aromatic rings. The van der Waals surface area contributed by atoms with Gasteiger partial charge in [0.2, 0.25) is 5.91 Å². The summed E-state index contributed by atoms with van der Waals surface area (Å²) >= 11 is 0. The van der Waals surface area contributed by atoms with Crippen LogP contribution in [0.4, 0.5) is 0 Å². The predicted molar refractivity (Wildman–Crippen MR) is 70.9 cm³/mol. The molecule has 1 aliphatic carbocycles. The molecule has 19 heavy (non-hydrogen) atoms. The highest BCUT2D eigenvalue weighted by molar-refractivity contribution is 6.08. The van der Waals surface area contributed by atoms with Crippen molar-refractivity contribution < 1.29 is 14.7 Å². The Labute approximate surface area is 113 Å². The fourth-order valence-corrected chi connectivity index (χ4v) is 3.21. The van der Waals surface area contributed by atoms with Crippen LogP contribution in [0.3, 0.4) is 0 Å². The van der Waals surface area contributed by atoms with Crippen molar-refractivity contribution >= 4 is 11.7 Å². The molecule has 1 heterocycles. The van der Waals surface area contributed by atoms with Gasteiger partial charge in [0.1, 0.15) is 5.41 Å². The minimum absolute atomic E-state index is 0.0331. The monoisotopic (exact) mass is 269 g/mol. The van der Waals surface area contributed by atoms with Crippen LogP contribution in [-0.2, 0) is 9.53 Å². The summed E-state index contributed by atoms with van der Waals surface area (Å²) in [6.07, 6.45) is 1.30. The van der Waals surface area contributed by atoms with Gasteiger partial charge in [0.25, 0.3) is 0 Å². The van der Waals surface area contributed by atoms with Gasteiger partial charge in [0.05, 0.1) is 18.8 Å². The molecule has 108 valence electrons. The number of amidine groups is 1. The number of nitrogens with two attached hydrogens (primary N) is 1. The van der Waals surface area contributed by atoms with Crippen LogP contribution < -0.4 is 5.73 Å². The summed E-state index contributed by atoms with van der Waals surface area (Å²) in [5.74, 6) is 0.431. The lowest BCUT2D eigenvalue weighted by atomic mass is 9.60. The van der Waals surface area contributed by atoms with E-state index in [1.54, 1.807) is 0 Å². The smallest absolute Gasteiger partial charge is 0.237 e. The third-order valence-corrected chi connectivity index (χ3v) is 4.29. The molecular weight excluding hydrogens is 246 g/mol. The molecule has 2 fully saturated rings. The minimum atomic E-state index is -0.817. The second-order valence-corrected chi connectivity index (χ2v) is 6.40. The molecule has 0 aromatic heterocycles. The molecule has 0 bridgehead atoms. The predicted octanol–water partition coefficient (Wildman–Crippen LogP) is 0.787. The molecular formula is C13H23N3O3. The van der Waals surface area contributed by atoms with Crippen LogP contribution in [0, 0.1) is 11.3 Å². The first-order valence-corrected chi connectivity index (χ1v) is 6.71. The Hall–Kier alpha value is -1.30. The summed E-state index contributed by atoms with van der Waals surface area (Å²) in [7, 11) is 0. The summed E-state index contributed by atoms with van der Waals surface area (Å²) in [6, 6.07) is 0. The summed E-state index contributed by atoms with van der Waals surface area (Å²) in [4.78, 5) is 14.7. The molecule has 6 nitrogen and oxygen atoms in total. The molecule has 1 saturated carbocycles. The van der Waals surface area contributed by atoms with E-state index in [1.807, 2.05) is 18.7 Å². The number of carbonyl (C=O) groups excluding carboxylic acids is 1. The molecule has 0 radical (unpaired) electrons. The van der Waals surface area contributed by atoms with Gasteiger partial charge in [-0.25, -0.2) is 0 Å². The second kappa shape index (κ2) is 4.67. The maximum atomic E-state index is 12.9.